The van der Waals surface area contributed by atoms with E-state index < -0.39 is 17.4 Å². The van der Waals surface area contributed by atoms with Crippen molar-refractivity contribution in [3.63, 3.8) is 0 Å². The lowest BCUT2D eigenvalue weighted by Crippen LogP contribution is -2.14. The fourth-order valence-electron chi connectivity index (χ4n) is 3.78. The zero-order valence-electron chi connectivity index (χ0n) is 23.1. The van der Waals surface area contributed by atoms with Gasteiger partial charge < -0.3 is 15.9 Å². The molecule has 0 saturated heterocycles. The number of carboxylic acid groups (broad SMARTS) is 2. The molecule has 0 atom stereocenters. The van der Waals surface area contributed by atoms with E-state index in [9.17, 15) is 19.8 Å². The maximum Gasteiger partial charge on any atom is 0.335 e. The van der Waals surface area contributed by atoms with Gasteiger partial charge in [-0.15, -0.1) is 20.4 Å². The molecule has 2 aromatic heterocycles. The lowest BCUT2D eigenvalue weighted by Gasteiger charge is -2.23. The largest absolute Gasteiger partial charge is 0.478 e. The number of nitrogens with zero attached hydrogens (tertiary/aromatic N) is 6. The number of carboxylic acids is 2. The van der Waals surface area contributed by atoms with Crippen LogP contribution >= 0.6 is 23.1 Å². The summed E-state index contributed by atoms with van der Waals surface area (Å²) in [5, 5.41) is 40.9. The summed E-state index contributed by atoms with van der Waals surface area (Å²) in [6.45, 7) is 12.5. The number of carbonyl (C=O) groups is 2. The zero-order valence-corrected chi connectivity index (χ0v) is 24.7. The number of rotatable bonds is 12. The van der Waals surface area contributed by atoms with Gasteiger partial charge in [0, 0.05) is 11.2 Å². The third-order valence-electron chi connectivity index (χ3n) is 5.94. The van der Waals surface area contributed by atoms with Crippen molar-refractivity contribution in [2.75, 3.05) is 11.5 Å². The Bertz CT molecular complexity index is 1340. The molecule has 0 spiro atoms. The molecule has 1 aromatic carbocycles. The second-order valence-corrected chi connectivity index (χ2v) is 13.3. The normalized spacial score (nSPS) is 12.4. The maximum atomic E-state index is 11.6. The number of benzene rings is 1. The summed E-state index contributed by atoms with van der Waals surface area (Å²) >= 11 is 2.99. The van der Waals surface area contributed by atoms with E-state index in [4.69, 9.17) is 5.73 Å². The van der Waals surface area contributed by atoms with Gasteiger partial charge in [0.05, 0.1) is 22.5 Å². The number of anilines is 1. The first-order valence-electron chi connectivity index (χ1n) is 12.6. The fraction of sp³-hybridized carbons (Fsp3) is 0.500. The quantitative estimate of drug-likeness (QED) is 0.116. The predicted molar refractivity (Wildman–Crippen MR) is 153 cm³/mol. The molecular formula is C26H35N7O4S2. The minimum Gasteiger partial charge on any atom is -0.478 e. The molecule has 0 aliphatic carbocycles. The Hall–Kier alpha value is -3.32. The Morgan fingerprint density at radius 1 is 1.03 bits per heavy atom. The summed E-state index contributed by atoms with van der Waals surface area (Å²) in [4.78, 5) is 23.2. The van der Waals surface area contributed by atoms with Gasteiger partial charge in [0.25, 0.3) is 5.13 Å². The van der Waals surface area contributed by atoms with Gasteiger partial charge in [-0.1, -0.05) is 83.9 Å². The molecule has 0 radical (unpaired) electrons. The SMILES string of the molecule is CCCCCC(C)(C)CSc1nnc(N=Nc2c(C(C)(C)C)nn(-c3cc(C(=O)O)cc(C(=O)O)c3)c2N)s1. The molecule has 11 nitrogen and oxygen atoms in total. The smallest absolute Gasteiger partial charge is 0.335 e. The van der Waals surface area contributed by atoms with Crippen molar-refractivity contribution in [3.8, 4) is 5.69 Å². The van der Waals surface area contributed by atoms with Crippen molar-refractivity contribution in [1.82, 2.24) is 20.0 Å². The second-order valence-electron chi connectivity index (χ2n) is 11.1. The summed E-state index contributed by atoms with van der Waals surface area (Å²) in [6, 6.07) is 3.70. The number of thioether (sulfide) groups is 1. The van der Waals surface area contributed by atoms with Crippen molar-refractivity contribution < 1.29 is 19.8 Å². The first-order valence-corrected chi connectivity index (χ1v) is 14.4. The Morgan fingerprint density at radius 2 is 1.67 bits per heavy atom. The van der Waals surface area contributed by atoms with E-state index >= 15 is 0 Å². The number of azo groups is 1. The lowest BCUT2D eigenvalue weighted by atomic mass is 9.89. The summed E-state index contributed by atoms with van der Waals surface area (Å²) in [5.74, 6) is -1.52. The third-order valence-corrected chi connectivity index (χ3v) is 8.40. The molecule has 13 heteroatoms. The molecule has 0 unspecified atom stereocenters. The van der Waals surface area contributed by atoms with Gasteiger partial charge in [0.15, 0.2) is 15.8 Å². The number of nitrogens with two attached hydrogens (primary N) is 1. The third kappa shape index (κ3) is 7.85. The first kappa shape index (κ1) is 30.2. The van der Waals surface area contributed by atoms with Crippen molar-refractivity contribution in [2.24, 2.45) is 15.6 Å². The van der Waals surface area contributed by atoms with Crippen LogP contribution in [-0.4, -0.2) is 47.9 Å². The van der Waals surface area contributed by atoms with Gasteiger partial charge in [0.2, 0.25) is 0 Å². The highest BCUT2D eigenvalue weighted by Crippen LogP contribution is 2.39. The molecular weight excluding hydrogens is 538 g/mol. The minimum atomic E-state index is -1.27. The lowest BCUT2D eigenvalue weighted by molar-refractivity contribution is 0.0696. The van der Waals surface area contributed by atoms with Crippen LogP contribution in [0.25, 0.3) is 5.69 Å². The van der Waals surface area contributed by atoms with E-state index in [2.05, 4.69) is 46.3 Å². The summed E-state index contributed by atoms with van der Waals surface area (Å²) in [6.07, 6.45) is 4.80. The molecule has 210 valence electrons. The summed E-state index contributed by atoms with van der Waals surface area (Å²) in [7, 11) is 0. The number of hydrogen-bond donors (Lipinski definition) is 3. The molecule has 3 aromatic rings. The van der Waals surface area contributed by atoms with Crippen LogP contribution in [0.4, 0.5) is 16.6 Å². The van der Waals surface area contributed by atoms with E-state index in [1.54, 1.807) is 11.8 Å². The predicted octanol–water partition coefficient (Wildman–Crippen LogP) is 7.11. The molecule has 0 aliphatic rings. The number of aromatic nitrogens is 4. The van der Waals surface area contributed by atoms with Crippen LogP contribution in [-0.2, 0) is 5.41 Å². The minimum absolute atomic E-state index is 0.0931. The second kappa shape index (κ2) is 12.2. The molecule has 2 heterocycles. The topological polar surface area (TPSA) is 169 Å². The van der Waals surface area contributed by atoms with Crippen LogP contribution in [0.3, 0.4) is 0 Å². The van der Waals surface area contributed by atoms with E-state index in [1.807, 2.05) is 20.8 Å². The van der Waals surface area contributed by atoms with Gasteiger partial charge >= 0.3 is 11.9 Å². The van der Waals surface area contributed by atoms with Crippen LogP contribution in [0.15, 0.2) is 32.8 Å². The van der Waals surface area contributed by atoms with Crippen molar-refractivity contribution in [3.05, 3.63) is 35.0 Å². The number of aromatic carboxylic acids is 2. The Morgan fingerprint density at radius 3 is 2.23 bits per heavy atom. The van der Waals surface area contributed by atoms with Gasteiger partial charge in [0.1, 0.15) is 0 Å². The molecule has 39 heavy (non-hydrogen) atoms. The van der Waals surface area contributed by atoms with Gasteiger partial charge in [-0.25, -0.2) is 14.3 Å². The highest BCUT2D eigenvalue weighted by atomic mass is 32.2. The van der Waals surface area contributed by atoms with Crippen LogP contribution in [0.2, 0.25) is 0 Å². The van der Waals surface area contributed by atoms with Crippen LogP contribution in [0.5, 0.6) is 0 Å². The average Bonchev–Trinajstić information content (AvgIpc) is 3.45. The van der Waals surface area contributed by atoms with Crippen LogP contribution in [0.1, 0.15) is 93.6 Å². The summed E-state index contributed by atoms with van der Waals surface area (Å²) in [5.41, 5.74) is 6.69. The molecule has 0 saturated carbocycles. The molecule has 3 rings (SSSR count). The van der Waals surface area contributed by atoms with Gasteiger partial charge in [-0.3, -0.25) is 0 Å². The average molecular weight is 574 g/mol. The van der Waals surface area contributed by atoms with E-state index in [0.717, 1.165) is 22.6 Å². The number of nitrogen functional groups attached to an aromatic ring is 1. The molecule has 0 bridgehead atoms. The standard InChI is InChI=1S/C26H35N7O4S2/c1-7-8-9-10-26(5,6)14-38-24-31-30-23(39-24)29-28-18-19(25(2,3)4)32-33(20(18)27)17-12-15(21(34)35)11-16(13-17)22(36)37/h11-13H,7-10,14,27H2,1-6H3,(H,34,35)(H,36,37). The van der Waals surface area contributed by atoms with Gasteiger partial charge in [-0.05, 0) is 30.0 Å². The molecule has 0 amide bonds. The van der Waals surface area contributed by atoms with E-state index in [-0.39, 0.29) is 28.0 Å². The maximum absolute atomic E-state index is 11.6. The Balaban J connectivity index is 1.90. The highest BCUT2D eigenvalue weighted by molar-refractivity contribution is 8.01. The first-order chi connectivity index (χ1) is 18.2. The van der Waals surface area contributed by atoms with Crippen molar-refractivity contribution in [2.45, 2.75) is 77.0 Å². The Labute approximate surface area is 235 Å². The van der Waals surface area contributed by atoms with E-state index in [0.29, 0.717) is 16.5 Å². The van der Waals surface area contributed by atoms with Crippen LogP contribution in [0, 0.1) is 5.41 Å². The highest BCUT2D eigenvalue weighted by Gasteiger charge is 2.28. The number of unbranched alkanes of at least 4 members (excludes halogenated alkanes) is 2. The fourth-order valence-corrected chi connectivity index (χ4v) is 5.58. The summed E-state index contributed by atoms with van der Waals surface area (Å²) < 4.78 is 2.09. The van der Waals surface area contributed by atoms with Crippen LogP contribution < -0.4 is 5.73 Å². The van der Waals surface area contributed by atoms with Crippen molar-refractivity contribution in [1.29, 1.82) is 0 Å². The van der Waals surface area contributed by atoms with Gasteiger partial charge in [-0.2, -0.15) is 5.10 Å². The molecule has 0 aliphatic heterocycles. The molecule has 4 N–H and O–H groups in total. The zero-order chi connectivity index (χ0) is 29.0. The monoisotopic (exact) mass is 573 g/mol. The van der Waals surface area contributed by atoms with Crippen molar-refractivity contribution >= 4 is 51.7 Å². The Kier molecular flexibility index (Phi) is 9.49. The molecule has 0 fully saturated rings. The number of hydrogen-bond acceptors (Lipinski definition) is 10. The van der Waals surface area contributed by atoms with E-state index in [1.165, 1.54) is 47.4 Å².